The van der Waals surface area contributed by atoms with Crippen LogP contribution in [0.5, 0.6) is 0 Å². The van der Waals surface area contributed by atoms with Crippen LogP contribution < -0.4 is 10.6 Å². The molecule has 3 N–H and O–H groups in total. The maximum absolute atomic E-state index is 12.0. The van der Waals surface area contributed by atoms with E-state index in [0.29, 0.717) is 22.1 Å². The van der Waals surface area contributed by atoms with Gasteiger partial charge in [0.25, 0.3) is 5.91 Å². The van der Waals surface area contributed by atoms with Crippen molar-refractivity contribution in [1.29, 1.82) is 0 Å². The number of hydrogen-bond acceptors (Lipinski definition) is 4. The fourth-order valence-electron chi connectivity index (χ4n) is 1.64. The Bertz CT molecular complexity index is 614. The molecular weight excluding hydrogens is 278 g/mol. The van der Waals surface area contributed by atoms with E-state index in [1.54, 1.807) is 37.4 Å². The Morgan fingerprint density at radius 1 is 1.35 bits per heavy atom. The Morgan fingerprint density at radius 2 is 2.05 bits per heavy atom. The van der Waals surface area contributed by atoms with Gasteiger partial charge < -0.3 is 15.7 Å². The third kappa shape index (κ3) is 3.26. The van der Waals surface area contributed by atoms with Crippen molar-refractivity contribution in [3.8, 4) is 0 Å². The fourth-order valence-corrected chi connectivity index (χ4v) is 1.90. The molecule has 0 spiro atoms. The van der Waals surface area contributed by atoms with Gasteiger partial charge in [-0.3, -0.25) is 4.79 Å². The summed E-state index contributed by atoms with van der Waals surface area (Å²) < 4.78 is 0. The highest BCUT2D eigenvalue weighted by Gasteiger charge is 2.09. The Morgan fingerprint density at radius 3 is 2.60 bits per heavy atom. The predicted molar refractivity (Wildman–Crippen MR) is 79.1 cm³/mol. The molecule has 0 bridgehead atoms. The van der Waals surface area contributed by atoms with Gasteiger partial charge in [0.15, 0.2) is 0 Å². The summed E-state index contributed by atoms with van der Waals surface area (Å²) in [4.78, 5) is 16.1. The van der Waals surface area contributed by atoms with Gasteiger partial charge in [-0.1, -0.05) is 23.7 Å². The molecule has 0 aliphatic heterocycles. The van der Waals surface area contributed by atoms with Gasteiger partial charge >= 0.3 is 0 Å². The molecule has 0 saturated carbocycles. The van der Waals surface area contributed by atoms with E-state index in [2.05, 4.69) is 15.6 Å². The molecule has 0 atom stereocenters. The maximum Gasteiger partial charge on any atom is 0.257 e. The summed E-state index contributed by atoms with van der Waals surface area (Å²) in [5.41, 5.74) is 1.80. The average molecular weight is 292 g/mol. The zero-order valence-electron chi connectivity index (χ0n) is 10.9. The number of amides is 1. The Kier molecular flexibility index (Phi) is 4.55. The number of hydrogen-bond donors (Lipinski definition) is 3. The van der Waals surface area contributed by atoms with Crippen molar-refractivity contribution in [2.45, 2.75) is 6.61 Å². The third-order valence-corrected chi connectivity index (χ3v) is 3.02. The van der Waals surface area contributed by atoms with Gasteiger partial charge in [0.1, 0.15) is 5.82 Å². The van der Waals surface area contributed by atoms with Crippen molar-refractivity contribution in [3.05, 3.63) is 52.7 Å². The van der Waals surface area contributed by atoms with Crippen LogP contribution in [0.4, 0.5) is 11.5 Å². The van der Waals surface area contributed by atoms with E-state index in [-0.39, 0.29) is 12.5 Å². The molecule has 104 valence electrons. The quantitative estimate of drug-likeness (QED) is 0.809. The van der Waals surface area contributed by atoms with Gasteiger partial charge in [0.2, 0.25) is 0 Å². The van der Waals surface area contributed by atoms with Gasteiger partial charge in [-0.25, -0.2) is 4.98 Å². The number of carbonyl (C=O) groups is 1. The first kappa shape index (κ1) is 14.3. The lowest BCUT2D eigenvalue weighted by Gasteiger charge is -2.07. The molecule has 1 aromatic heterocycles. The van der Waals surface area contributed by atoms with Crippen LogP contribution in [0.15, 0.2) is 36.5 Å². The number of aliphatic hydroxyl groups is 1. The number of aliphatic hydroxyl groups excluding tert-OH is 1. The minimum atomic E-state index is -0.293. The van der Waals surface area contributed by atoms with Crippen LogP contribution >= 0.6 is 11.6 Å². The second kappa shape index (κ2) is 6.36. The molecule has 2 rings (SSSR count). The van der Waals surface area contributed by atoms with Gasteiger partial charge in [0.05, 0.1) is 17.2 Å². The van der Waals surface area contributed by atoms with E-state index in [9.17, 15) is 4.79 Å². The number of carbonyl (C=O) groups excluding carboxylic acids is 1. The van der Waals surface area contributed by atoms with Crippen molar-refractivity contribution in [1.82, 2.24) is 4.98 Å². The maximum atomic E-state index is 12.0. The lowest BCUT2D eigenvalue weighted by molar-refractivity contribution is 0.102. The first-order valence-corrected chi connectivity index (χ1v) is 6.36. The number of nitrogens with one attached hydrogen (secondary N) is 2. The number of pyridine rings is 1. The summed E-state index contributed by atoms with van der Waals surface area (Å²) in [6.07, 6.45) is 1.45. The molecule has 1 amide bonds. The summed E-state index contributed by atoms with van der Waals surface area (Å²) in [6.45, 7) is -0.0285. The van der Waals surface area contributed by atoms with E-state index in [0.717, 1.165) is 5.56 Å². The molecule has 0 radical (unpaired) electrons. The highest BCUT2D eigenvalue weighted by atomic mass is 35.5. The van der Waals surface area contributed by atoms with Crippen LogP contribution in [-0.2, 0) is 6.61 Å². The lowest BCUT2D eigenvalue weighted by Crippen LogP contribution is -2.12. The van der Waals surface area contributed by atoms with Crippen molar-refractivity contribution in [2.24, 2.45) is 0 Å². The monoisotopic (exact) mass is 291 g/mol. The molecular formula is C14H14ClN3O2. The Hall–Kier alpha value is -2.11. The van der Waals surface area contributed by atoms with E-state index in [4.69, 9.17) is 16.7 Å². The van der Waals surface area contributed by atoms with Crippen LogP contribution in [0, 0.1) is 0 Å². The molecule has 0 saturated heterocycles. The first-order valence-electron chi connectivity index (χ1n) is 5.98. The van der Waals surface area contributed by atoms with E-state index in [1.165, 1.54) is 6.20 Å². The molecule has 0 unspecified atom stereocenters. The van der Waals surface area contributed by atoms with Gasteiger partial charge in [0, 0.05) is 18.9 Å². The van der Waals surface area contributed by atoms with Gasteiger partial charge in [-0.05, 0) is 23.8 Å². The number of aromatic nitrogens is 1. The summed E-state index contributed by atoms with van der Waals surface area (Å²) >= 11 is 5.98. The lowest BCUT2D eigenvalue weighted by atomic mass is 10.2. The number of benzene rings is 1. The Labute approximate surface area is 121 Å². The second-order valence-corrected chi connectivity index (χ2v) is 4.52. The molecule has 2 aromatic rings. The van der Waals surface area contributed by atoms with Crippen LogP contribution in [0.25, 0.3) is 0 Å². The van der Waals surface area contributed by atoms with Crippen molar-refractivity contribution < 1.29 is 9.90 Å². The zero-order valence-corrected chi connectivity index (χ0v) is 11.6. The normalized spacial score (nSPS) is 10.2. The highest BCUT2D eigenvalue weighted by molar-refractivity contribution is 6.33. The largest absolute Gasteiger partial charge is 0.392 e. The summed E-state index contributed by atoms with van der Waals surface area (Å²) in [5.74, 6) is 0.231. The standard InChI is InChI=1S/C14H14ClN3O2/c1-16-13-12(15)6-10(7-17-13)14(20)18-11-4-2-9(8-19)3-5-11/h2-7,19H,8H2,1H3,(H,16,17)(H,18,20). The van der Waals surface area contributed by atoms with Crippen LogP contribution in [-0.4, -0.2) is 23.0 Å². The smallest absolute Gasteiger partial charge is 0.257 e. The summed E-state index contributed by atoms with van der Waals surface area (Å²) in [5, 5.41) is 14.9. The van der Waals surface area contributed by atoms with Gasteiger partial charge in [-0.15, -0.1) is 0 Å². The fraction of sp³-hybridized carbons (Fsp3) is 0.143. The van der Waals surface area contributed by atoms with Crippen LogP contribution in [0.2, 0.25) is 5.02 Å². The van der Waals surface area contributed by atoms with Crippen molar-refractivity contribution in [3.63, 3.8) is 0 Å². The van der Waals surface area contributed by atoms with Crippen molar-refractivity contribution >= 4 is 29.0 Å². The molecule has 20 heavy (non-hydrogen) atoms. The summed E-state index contributed by atoms with van der Waals surface area (Å²) in [6, 6.07) is 8.48. The molecule has 1 aromatic carbocycles. The highest BCUT2D eigenvalue weighted by Crippen LogP contribution is 2.20. The molecule has 1 heterocycles. The van der Waals surface area contributed by atoms with Gasteiger partial charge in [-0.2, -0.15) is 0 Å². The van der Waals surface area contributed by atoms with E-state index < -0.39 is 0 Å². The molecule has 0 aliphatic carbocycles. The summed E-state index contributed by atoms with van der Waals surface area (Å²) in [7, 11) is 1.71. The Balaban J connectivity index is 2.12. The topological polar surface area (TPSA) is 74.2 Å². The second-order valence-electron chi connectivity index (χ2n) is 4.11. The molecule has 0 fully saturated rings. The SMILES string of the molecule is CNc1ncc(C(=O)Nc2ccc(CO)cc2)cc1Cl. The minimum absolute atomic E-state index is 0.0285. The number of anilines is 2. The number of rotatable bonds is 4. The zero-order chi connectivity index (χ0) is 14.5. The molecule has 5 nitrogen and oxygen atoms in total. The predicted octanol–water partition coefficient (Wildman–Crippen LogP) is 2.52. The number of nitrogens with zero attached hydrogens (tertiary/aromatic N) is 1. The van der Waals surface area contributed by atoms with Crippen LogP contribution in [0.3, 0.4) is 0 Å². The average Bonchev–Trinajstić information content (AvgIpc) is 2.48. The third-order valence-electron chi connectivity index (χ3n) is 2.73. The van der Waals surface area contributed by atoms with Crippen LogP contribution in [0.1, 0.15) is 15.9 Å². The number of halogens is 1. The van der Waals surface area contributed by atoms with Crippen molar-refractivity contribution in [2.75, 3.05) is 17.7 Å². The van der Waals surface area contributed by atoms with E-state index >= 15 is 0 Å². The van der Waals surface area contributed by atoms with E-state index in [1.807, 2.05) is 0 Å². The first-order chi connectivity index (χ1) is 9.63. The minimum Gasteiger partial charge on any atom is -0.392 e. The molecule has 0 aliphatic rings. The molecule has 6 heteroatoms.